The highest BCUT2D eigenvalue weighted by molar-refractivity contribution is 7.09. The van der Waals surface area contributed by atoms with Gasteiger partial charge in [-0.15, -0.1) is 11.6 Å². The Kier molecular flexibility index (Phi) is 6.06. The summed E-state index contributed by atoms with van der Waals surface area (Å²) in [5.41, 5.74) is 1.79. The number of carbonyl (C=O) groups is 1. The van der Waals surface area contributed by atoms with Crippen LogP contribution in [0, 0.1) is 5.82 Å². The van der Waals surface area contributed by atoms with Crippen LogP contribution in [0.3, 0.4) is 0 Å². The summed E-state index contributed by atoms with van der Waals surface area (Å²) in [4.78, 5) is 21.3. The summed E-state index contributed by atoms with van der Waals surface area (Å²) in [6.45, 7) is 2.58. The maximum Gasteiger partial charge on any atom is 0.245 e. The van der Waals surface area contributed by atoms with E-state index in [0.29, 0.717) is 32.6 Å². The van der Waals surface area contributed by atoms with E-state index in [1.54, 1.807) is 12.1 Å². The number of alkyl halides is 1. The molecule has 2 aromatic carbocycles. The van der Waals surface area contributed by atoms with Crippen LogP contribution in [-0.2, 0) is 11.2 Å². The number of hydrogen-bond donors (Lipinski definition) is 0. The van der Waals surface area contributed by atoms with Gasteiger partial charge in [0.15, 0.2) is 0 Å². The Labute approximate surface area is 177 Å². The lowest BCUT2D eigenvalue weighted by Crippen LogP contribution is -2.49. The summed E-state index contributed by atoms with van der Waals surface area (Å²) < 4.78 is 17.5. The first-order valence-corrected chi connectivity index (χ1v) is 10.6. The van der Waals surface area contributed by atoms with Crippen molar-refractivity contribution in [2.24, 2.45) is 0 Å². The molecule has 5 nitrogen and oxygen atoms in total. The van der Waals surface area contributed by atoms with Gasteiger partial charge in [0.25, 0.3) is 0 Å². The predicted octanol–water partition coefficient (Wildman–Crippen LogP) is 3.90. The zero-order valence-electron chi connectivity index (χ0n) is 15.7. The number of benzene rings is 2. The molecule has 4 rings (SSSR count). The minimum absolute atomic E-state index is 0.0632. The quantitative estimate of drug-likeness (QED) is 0.576. The monoisotopic (exact) mass is 430 g/mol. The van der Waals surface area contributed by atoms with Crippen molar-refractivity contribution < 1.29 is 9.18 Å². The Morgan fingerprint density at radius 2 is 1.76 bits per heavy atom. The average molecular weight is 431 g/mol. The van der Waals surface area contributed by atoms with Gasteiger partial charge in [-0.2, -0.15) is 4.37 Å². The SMILES string of the molecule is O=C(C(Cl)c1ccccc1)N1CCN(c2nc(Cc3ccc(F)cc3)ns2)CC1. The zero-order chi connectivity index (χ0) is 20.2. The molecule has 1 amide bonds. The fourth-order valence-electron chi connectivity index (χ4n) is 3.27. The van der Waals surface area contributed by atoms with Gasteiger partial charge in [0, 0.05) is 44.1 Å². The second-order valence-electron chi connectivity index (χ2n) is 6.88. The first-order valence-electron chi connectivity index (χ1n) is 9.40. The maximum absolute atomic E-state index is 13.0. The molecule has 1 aromatic heterocycles. The molecule has 8 heteroatoms. The van der Waals surface area contributed by atoms with Crippen molar-refractivity contribution in [3.63, 3.8) is 0 Å². The molecule has 0 radical (unpaired) electrons. The molecule has 0 spiro atoms. The highest BCUT2D eigenvalue weighted by atomic mass is 35.5. The van der Waals surface area contributed by atoms with Crippen molar-refractivity contribution in [3.8, 4) is 0 Å². The molecule has 1 aliphatic heterocycles. The van der Waals surface area contributed by atoms with Crippen LogP contribution in [0.25, 0.3) is 0 Å². The molecule has 0 bridgehead atoms. The Morgan fingerprint density at radius 3 is 2.45 bits per heavy atom. The van der Waals surface area contributed by atoms with Gasteiger partial charge in [0.05, 0.1) is 0 Å². The number of carbonyl (C=O) groups excluding carboxylic acids is 1. The third-order valence-electron chi connectivity index (χ3n) is 4.90. The zero-order valence-corrected chi connectivity index (χ0v) is 17.2. The van der Waals surface area contributed by atoms with E-state index in [-0.39, 0.29) is 11.7 Å². The van der Waals surface area contributed by atoms with E-state index in [1.165, 1.54) is 23.7 Å². The van der Waals surface area contributed by atoms with Crippen LogP contribution in [0.2, 0.25) is 0 Å². The van der Waals surface area contributed by atoms with Gasteiger partial charge < -0.3 is 9.80 Å². The van der Waals surface area contributed by atoms with Crippen LogP contribution in [-0.4, -0.2) is 46.3 Å². The van der Waals surface area contributed by atoms with Crippen LogP contribution in [0.15, 0.2) is 54.6 Å². The molecule has 0 saturated carbocycles. The number of piperazine rings is 1. The number of halogens is 2. The normalized spacial score (nSPS) is 15.4. The Balaban J connectivity index is 1.33. The van der Waals surface area contributed by atoms with Crippen LogP contribution in [0.4, 0.5) is 9.52 Å². The molecule has 1 unspecified atom stereocenters. The van der Waals surface area contributed by atoms with Gasteiger partial charge >= 0.3 is 0 Å². The van der Waals surface area contributed by atoms with Crippen molar-refractivity contribution in [1.29, 1.82) is 0 Å². The molecule has 29 heavy (non-hydrogen) atoms. The summed E-state index contributed by atoms with van der Waals surface area (Å²) in [6.07, 6.45) is 0.570. The molecule has 2 heterocycles. The van der Waals surface area contributed by atoms with Crippen LogP contribution in [0.1, 0.15) is 22.3 Å². The second kappa shape index (κ2) is 8.88. The van der Waals surface area contributed by atoms with Gasteiger partial charge in [0.1, 0.15) is 17.0 Å². The first kappa shape index (κ1) is 19.8. The van der Waals surface area contributed by atoms with Crippen molar-refractivity contribution >= 4 is 34.2 Å². The molecule has 1 aliphatic rings. The highest BCUT2D eigenvalue weighted by Gasteiger charge is 2.28. The molecule has 0 aliphatic carbocycles. The van der Waals surface area contributed by atoms with Gasteiger partial charge in [-0.3, -0.25) is 4.79 Å². The maximum atomic E-state index is 13.0. The summed E-state index contributed by atoms with van der Waals surface area (Å²) in [6, 6.07) is 15.8. The van der Waals surface area contributed by atoms with Crippen LogP contribution < -0.4 is 4.90 Å². The minimum Gasteiger partial charge on any atom is -0.343 e. The first-order chi connectivity index (χ1) is 14.1. The standard InChI is InChI=1S/C21H20ClFN4OS/c22-19(16-4-2-1-3-5-16)20(28)26-10-12-27(13-11-26)21-24-18(25-29-21)14-15-6-8-17(23)9-7-15/h1-9,19H,10-14H2. The van der Waals surface area contributed by atoms with Crippen molar-refractivity contribution in [2.75, 3.05) is 31.1 Å². The fraction of sp³-hybridized carbons (Fsp3) is 0.286. The minimum atomic E-state index is -0.661. The number of amides is 1. The van der Waals surface area contributed by atoms with Crippen LogP contribution in [0.5, 0.6) is 0 Å². The summed E-state index contributed by atoms with van der Waals surface area (Å²) >= 11 is 7.74. The molecule has 1 fully saturated rings. The number of hydrogen-bond acceptors (Lipinski definition) is 5. The van der Waals surface area contributed by atoms with Crippen molar-refractivity contribution in [2.45, 2.75) is 11.8 Å². The van der Waals surface area contributed by atoms with E-state index in [9.17, 15) is 9.18 Å². The van der Waals surface area contributed by atoms with E-state index >= 15 is 0 Å². The smallest absolute Gasteiger partial charge is 0.245 e. The topological polar surface area (TPSA) is 49.3 Å². The molecule has 150 valence electrons. The number of nitrogens with zero attached hydrogens (tertiary/aromatic N) is 4. The van der Waals surface area contributed by atoms with E-state index in [4.69, 9.17) is 11.6 Å². The molecule has 0 N–H and O–H groups in total. The highest BCUT2D eigenvalue weighted by Crippen LogP contribution is 2.25. The third kappa shape index (κ3) is 4.74. The van der Waals surface area contributed by atoms with Crippen molar-refractivity contribution in [3.05, 3.63) is 77.4 Å². The molecule has 3 aromatic rings. The largest absolute Gasteiger partial charge is 0.343 e. The summed E-state index contributed by atoms with van der Waals surface area (Å²) in [5, 5.41) is 0.186. The molecule has 1 atom stereocenters. The predicted molar refractivity (Wildman–Crippen MR) is 113 cm³/mol. The van der Waals surface area contributed by atoms with Gasteiger partial charge in [-0.05, 0) is 23.3 Å². The summed E-state index contributed by atoms with van der Waals surface area (Å²) in [5.74, 6) is 0.409. The molecular weight excluding hydrogens is 411 g/mol. The Morgan fingerprint density at radius 1 is 1.07 bits per heavy atom. The lowest BCUT2D eigenvalue weighted by atomic mass is 10.1. The van der Waals surface area contributed by atoms with E-state index in [0.717, 1.165) is 22.1 Å². The van der Waals surface area contributed by atoms with E-state index < -0.39 is 5.38 Å². The number of anilines is 1. The second-order valence-corrected chi connectivity index (χ2v) is 8.05. The number of rotatable bonds is 5. The van der Waals surface area contributed by atoms with Gasteiger partial charge in [-0.25, -0.2) is 9.37 Å². The van der Waals surface area contributed by atoms with Gasteiger partial charge in [0.2, 0.25) is 11.0 Å². The Bertz CT molecular complexity index is 958. The molecule has 1 saturated heterocycles. The molecular formula is C21H20ClFN4OS. The fourth-order valence-corrected chi connectivity index (χ4v) is 4.29. The van der Waals surface area contributed by atoms with Crippen LogP contribution >= 0.6 is 23.1 Å². The third-order valence-corrected chi connectivity index (χ3v) is 6.16. The van der Waals surface area contributed by atoms with E-state index in [2.05, 4.69) is 14.3 Å². The lowest BCUT2D eigenvalue weighted by Gasteiger charge is -2.35. The Hall–Kier alpha value is -2.51. The van der Waals surface area contributed by atoms with Crippen molar-refractivity contribution in [1.82, 2.24) is 14.3 Å². The average Bonchev–Trinajstić information content (AvgIpc) is 3.23. The van der Waals surface area contributed by atoms with Gasteiger partial charge in [-0.1, -0.05) is 42.5 Å². The number of aromatic nitrogens is 2. The summed E-state index contributed by atoms with van der Waals surface area (Å²) in [7, 11) is 0. The van der Waals surface area contributed by atoms with E-state index in [1.807, 2.05) is 35.2 Å². The lowest BCUT2D eigenvalue weighted by molar-refractivity contribution is -0.131.